The molecule has 118 valence electrons. The fourth-order valence-electron chi connectivity index (χ4n) is 1.30. The van der Waals surface area contributed by atoms with E-state index in [1.54, 1.807) is 0 Å². The Morgan fingerprint density at radius 3 is 1.05 bits per heavy atom. The molecule has 0 nitrogen and oxygen atoms in total. The minimum atomic E-state index is 0. The molecule has 0 heterocycles. The van der Waals surface area contributed by atoms with Gasteiger partial charge < -0.3 is 39.7 Å². The van der Waals surface area contributed by atoms with Gasteiger partial charge in [-0.1, -0.05) is 13.8 Å². The van der Waals surface area contributed by atoms with E-state index in [1.165, 1.54) is 22.3 Å². The molecule has 0 aromatic rings. The van der Waals surface area contributed by atoms with Crippen molar-refractivity contribution < 1.29 is 51.0 Å². The molecule has 2 aliphatic rings. The quantitative estimate of drug-likeness (QED) is 0.309. The predicted molar refractivity (Wildman–Crippen MR) is 85.8 cm³/mol. The summed E-state index contributed by atoms with van der Waals surface area (Å²) >= 11 is 0. The van der Waals surface area contributed by atoms with Gasteiger partial charge >= 0.3 is 26.2 Å². The molecular weight excluding hydrogens is 382 g/mol. The van der Waals surface area contributed by atoms with Crippen LogP contribution in [0.5, 0.6) is 0 Å². The molecule has 0 radical (unpaired) electrons. The summed E-state index contributed by atoms with van der Waals surface area (Å²) in [5.74, 6) is 0. The monoisotopic (exact) mass is 408 g/mol. The second kappa shape index (κ2) is 19.6. The zero-order valence-electron chi connectivity index (χ0n) is 12.8. The molecule has 0 fully saturated rings. The first-order chi connectivity index (χ1) is 6.61. The van der Waals surface area contributed by atoms with Crippen LogP contribution in [-0.2, 0) is 26.2 Å². The van der Waals surface area contributed by atoms with Gasteiger partial charge in [-0.25, -0.2) is 22.3 Å². The number of halogens is 2. The van der Waals surface area contributed by atoms with Gasteiger partial charge in [-0.15, -0.1) is 26.7 Å². The van der Waals surface area contributed by atoms with Crippen LogP contribution in [0.2, 0.25) is 0 Å². The molecule has 0 unspecified atom stereocenters. The summed E-state index contributed by atoms with van der Waals surface area (Å²) in [6.07, 6.45) is 12.8. The van der Waals surface area contributed by atoms with Crippen LogP contribution in [0.4, 0.5) is 0 Å². The average molecular weight is 411 g/mol. The van der Waals surface area contributed by atoms with Crippen LogP contribution in [0.15, 0.2) is 34.4 Å². The molecule has 4 heteroatoms. The van der Waals surface area contributed by atoms with Gasteiger partial charge in [0.25, 0.3) is 0 Å². The molecule has 2 rings (SSSR count). The van der Waals surface area contributed by atoms with Crippen molar-refractivity contribution in [1.82, 2.24) is 0 Å². The van der Waals surface area contributed by atoms with Crippen LogP contribution in [0.1, 0.15) is 40.5 Å². The Morgan fingerprint density at radius 2 is 1.00 bits per heavy atom. The van der Waals surface area contributed by atoms with Crippen molar-refractivity contribution in [2.75, 3.05) is 0 Å². The zero-order chi connectivity index (χ0) is 10.6. The number of hydrogen-bond donors (Lipinski definition) is 0. The van der Waals surface area contributed by atoms with E-state index >= 15 is 0 Å². The third-order valence-electron chi connectivity index (χ3n) is 2.73. The summed E-state index contributed by atoms with van der Waals surface area (Å²) in [5, 5.41) is 0. The summed E-state index contributed by atoms with van der Waals surface area (Å²) in [6, 6.07) is 0. The number of hydrogen-bond acceptors (Lipinski definition) is 0. The Labute approximate surface area is 163 Å². The third-order valence-corrected chi connectivity index (χ3v) is 2.73. The summed E-state index contributed by atoms with van der Waals surface area (Å²) in [6.45, 7) is 8.43. The number of rotatable bonds is 0. The SMILES string of the molecule is CC1=[C-]CC=C1C.CC1=[C-]CC=C1C.[CH3-].[CH3-].[Cl-].[Cl-].[SiH4].[Zr+2]. The van der Waals surface area contributed by atoms with E-state index in [9.17, 15) is 0 Å². The molecule has 0 bridgehead atoms. The molecule has 0 aliphatic heterocycles. The third kappa shape index (κ3) is 13.6. The largest absolute Gasteiger partial charge is 2.00 e. The van der Waals surface area contributed by atoms with Gasteiger partial charge in [0.2, 0.25) is 0 Å². The average Bonchev–Trinajstić information content (AvgIpc) is 2.67. The second-order valence-corrected chi connectivity index (χ2v) is 3.79. The van der Waals surface area contributed by atoms with E-state index in [1.807, 2.05) is 0 Å². The standard InChI is InChI=1S/2C7H9.2CH3.2ClH.H4Si.Zr/c2*1-6-4-3-5-7(6)2;;;;;;/h2*4H,3H2,1-2H3;2*1H3;2*1H;1H4;/q4*-1;;;;+2/p-2. The van der Waals surface area contributed by atoms with Gasteiger partial charge in [0.05, 0.1) is 0 Å². The molecule has 0 amide bonds. The van der Waals surface area contributed by atoms with Crippen molar-refractivity contribution in [3.63, 3.8) is 0 Å². The van der Waals surface area contributed by atoms with Crippen molar-refractivity contribution in [2.24, 2.45) is 0 Å². The van der Waals surface area contributed by atoms with Crippen molar-refractivity contribution in [3.05, 3.63) is 61.4 Å². The van der Waals surface area contributed by atoms with E-state index in [0.717, 1.165) is 12.8 Å². The maximum Gasteiger partial charge on any atom is 2.00 e. The first-order valence-corrected chi connectivity index (χ1v) is 5.10. The van der Waals surface area contributed by atoms with Gasteiger partial charge in [-0.3, -0.25) is 12.2 Å². The van der Waals surface area contributed by atoms with E-state index in [4.69, 9.17) is 0 Å². The molecule has 20 heavy (non-hydrogen) atoms. The summed E-state index contributed by atoms with van der Waals surface area (Å²) in [5.41, 5.74) is 5.42. The second-order valence-electron chi connectivity index (χ2n) is 3.79. The van der Waals surface area contributed by atoms with Crippen LogP contribution < -0.4 is 24.8 Å². The Balaban J connectivity index is -0.0000000377. The zero-order valence-corrected chi connectivity index (χ0v) is 16.8. The van der Waals surface area contributed by atoms with Crippen molar-refractivity contribution in [1.29, 1.82) is 0 Å². The van der Waals surface area contributed by atoms with Crippen LogP contribution in [0.3, 0.4) is 0 Å². The van der Waals surface area contributed by atoms with Crippen molar-refractivity contribution >= 4 is 11.0 Å². The summed E-state index contributed by atoms with van der Waals surface area (Å²) in [7, 11) is 0. The molecule has 2 aliphatic carbocycles. The van der Waals surface area contributed by atoms with E-state index in [-0.39, 0.29) is 76.8 Å². The minimum Gasteiger partial charge on any atom is -1.00 e. The number of allylic oxidation sites excluding steroid dienone is 8. The molecule has 0 aromatic carbocycles. The summed E-state index contributed by atoms with van der Waals surface area (Å²) < 4.78 is 0. The Hall–Kier alpha value is 0.640. The molecule has 0 N–H and O–H groups in total. The van der Waals surface area contributed by atoms with E-state index < -0.39 is 0 Å². The maximum absolute atomic E-state index is 3.19. The predicted octanol–water partition coefficient (Wildman–Crippen LogP) is -2.37. The normalized spacial score (nSPS) is 13.4. The van der Waals surface area contributed by atoms with Crippen LogP contribution >= 0.6 is 0 Å². The first kappa shape index (κ1) is 37.1. The topological polar surface area (TPSA) is 0 Å². The first-order valence-electron chi connectivity index (χ1n) is 5.10. The fraction of sp³-hybridized carbons (Fsp3) is 0.375. The van der Waals surface area contributed by atoms with E-state index in [2.05, 4.69) is 52.0 Å². The molecule has 0 saturated carbocycles. The Bertz CT molecular complexity index is 276. The maximum atomic E-state index is 3.19. The molecule has 0 saturated heterocycles. The van der Waals surface area contributed by atoms with Crippen LogP contribution in [-0.4, -0.2) is 11.0 Å². The molecule has 0 aromatic heterocycles. The van der Waals surface area contributed by atoms with Gasteiger partial charge in [-0.05, 0) is 11.0 Å². The molecule has 0 spiro atoms. The van der Waals surface area contributed by atoms with Gasteiger partial charge in [-0.2, -0.15) is 12.2 Å². The summed E-state index contributed by atoms with van der Waals surface area (Å²) in [4.78, 5) is 0. The molecule has 0 atom stereocenters. The molecular formula is C16H28Cl2SiZr-4. The van der Waals surface area contributed by atoms with Gasteiger partial charge in [0, 0.05) is 0 Å². The van der Waals surface area contributed by atoms with Crippen LogP contribution in [0, 0.1) is 27.0 Å². The van der Waals surface area contributed by atoms with E-state index in [0.29, 0.717) is 0 Å². The van der Waals surface area contributed by atoms with Crippen molar-refractivity contribution in [2.45, 2.75) is 40.5 Å². The van der Waals surface area contributed by atoms with Gasteiger partial charge in [0.1, 0.15) is 0 Å². The Kier molecular flexibility index (Phi) is 36.5. The minimum absolute atomic E-state index is 0. The van der Waals surface area contributed by atoms with Gasteiger partial charge in [0.15, 0.2) is 0 Å². The smallest absolute Gasteiger partial charge is 1.00 e. The fourth-order valence-corrected chi connectivity index (χ4v) is 1.30. The Morgan fingerprint density at radius 1 is 0.750 bits per heavy atom. The van der Waals surface area contributed by atoms with Crippen LogP contribution in [0.25, 0.3) is 0 Å². The van der Waals surface area contributed by atoms with Crippen molar-refractivity contribution in [3.8, 4) is 0 Å².